The van der Waals surface area contributed by atoms with Crippen molar-refractivity contribution in [2.24, 2.45) is 4.99 Å². The Balaban J connectivity index is 1.67. The molecule has 0 saturated carbocycles. The first-order chi connectivity index (χ1) is 22.6. The van der Waals surface area contributed by atoms with Gasteiger partial charge in [-0.1, -0.05) is 53.3 Å². The molecule has 4 aromatic rings. The summed E-state index contributed by atoms with van der Waals surface area (Å²) >= 11 is 7.37. The molecule has 5 rings (SSSR count). The molecule has 10 heteroatoms. The van der Waals surface area contributed by atoms with E-state index in [0.29, 0.717) is 49.3 Å². The van der Waals surface area contributed by atoms with Crippen molar-refractivity contribution in [1.82, 2.24) is 4.57 Å². The maximum atomic E-state index is 14.4. The zero-order valence-corrected chi connectivity index (χ0v) is 29.2. The molecule has 47 heavy (non-hydrogen) atoms. The number of rotatable bonds is 12. The zero-order chi connectivity index (χ0) is 33.7. The molecule has 8 nitrogen and oxygen atoms in total. The summed E-state index contributed by atoms with van der Waals surface area (Å²) in [6.07, 6.45) is 1.72. The van der Waals surface area contributed by atoms with Gasteiger partial charge in [-0.15, -0.1) is 0 Å². The summed E-state index contributed by atoms with van der Waals surface area (Å²) in [6, 6.07) is 20.2. The minimum atomic E-state index is -0.784. The lowest BCUT2D eigenvalue weighted by Gasteiger charge is -2.26. The van der Waals surface area contributed by atoms with E-state index in [4.69, 9.17) is 30.8 Å². The van der Waals surface area contributed by atoms with E-state index in [1.807, 2.05) is 86.7 Å². The number of anilines is 1. The van der Waals surface area contributed by atoms with Crippen molar-refractivity contribution in [2.45, 2.75) is 60.3 Å². The van der Waals surface area contributed by atoms with Gasteiger partial charge in [0.1, 0.15) is 24.1 Å². The molecule has 3 aromatic carbocycles. The number of esters is 1. The van der Waals surface area contributed by atoms with Crippen LogP contribution in [0.2, 0.25) is 5.02 Å². The topological polar surface area (TPSA) is 82.4 Å². The summed E-state index contributed by atoms with van der Waals surface area (Å²) in [5.74, 6) is 0.714. The fourth-order valence-electron chi connectivity index (χ4n) is 5.59. The van der Waals surface area contributed by atoms with Crippen molar-refractivity contribution in [3.63, 3.8) is 0 Å². The number of ether oxygens (including phenoxy) is 3. The number of thiazole rings is 1. The van der Waals surface area contributed by atoms with E-state index < -0.39 is 12.0 Å². The smallest absolute Gasteiger partial charge is 0.338 e. The van der Waals surface area contributed by atoms with E-state index in [2.05, 4.69) is 18.7 Å². The van der Waals surface area contributed by atoms with Crippen LogP contribution in [0.4, 0.5) is 5.69 Å². The van der Waals surface area contributed by atoms with E-state index >= 15 is 0 Å². The molecular weight excluding hydrogens is 634 g/mol. The number of carbonyl (C=O) groups excluding carboxylic acids is 1. The summed E-state index contributed by atoms with van der Waals surface area (Å²) in [4.78, 5) is 35.2. The third kappa shape index (κ3) is 7.47. The average molecular weight is 674 g/mol. The molecule has 0 bridgehead atoms. The third-order valence-corrected chi connectivity index (χ3v) is 9.05. The van der Waals surface area contributed by atoms with Crippen LogP contribution < -0.4 is 29.3 Å². The van der Waals surface area contributed by atoms with E-state index in [-0.39, 0.29) is 18.3 Å². The summed E-state index contributed by atoms with van der Waals surface area (Å²) in [6.45, 7) is 13.8. The maximum absolute atomic E-state index is 14.4. The molecule has 0 radical (unpaired) electrons. The summed E-state index contributed by atoms with van der Waals surface area (Å²) in [5.41, 5.74) is 3.96. The van der Waals surface area contributed by atoms with E-state index in [9.17, 15) is 9.59 Å². The number of hydrogen-bond donors (Lipinski definition) is 0. The molecule has 0 saturated heterocycles. The average Bonchev–Trinajstić information content (AvgIpc) is 3.35. The fraction of sp³-hybridized carbons (Fsp3) is 0.324. The molecule has 0 unspecified atom stereocenters. The first kappa shape index (κ1) is 34.0. The highest BCUT2D eigenvalue weighted by Gasteiger charge is 2.35. The van der Waals surface area contributed by atoms with Gasteiger partial charge in [-0.25, -0.2) is 9.79 Å². The van der Waals surface area contributed by atoms with Gasteiger partial charge in [-0.2, -0.15) is 0 Å². The van der Waals surface area contributed by atoms with Gasteiger partial charge >= 0.3 is 5.97 Å². The van der Waals surface area contributed by atoms with E-state index in [1.54, 1.807) is 18.4 Å². The van der Waals surface area contributed by atoms with Crippen molar-refractivity contribution in [3.8, 4) is 11.5 Å². The quantitative estimate of drug-likeness (QED) is 0.156. The Labute approximate surface area is 284 Å². The van der Waals surface area contributed by atoms with Crippen molar-refractivity contribution in [3.05, 3.63) is 119 Å². The Morgan fingerprint density at radius 2 is 1.77 bits per heavy atom. The molecule has 1 aliphatic rings. The van der Waals surface area contributed by atoms with Gasteiger partial charge in [-0.3, -0.25) is 9.36 Å². The third-order valence-electron chi connectivity index (χ3n) is 7.81. The Hall–Kier alpha value is -4.34. The lowest BCUT2D eigenvalue weighted by atomic mass is 9.95. The van der Waals surface area contributed by atoms with Gasteiger partial charge in [0.25, 0.3) is 5.56 Å². The Bertz CT molecular complexity index is 1960. The molecule has 2 heterocycles. The molecule has 1 aromatic heterocycles. The largest absolute Gasteiger partial charge is 0.491 e. The summed E-state index contributed by atoms with van der Waals surface area (Å²) in [5, 5.41) is 0.659. The molecule has 0 N–H and O–H groups in total. The van der Waals surface area contributed by atoms with Crippen molar-refractivity contribution in [2.75, 3.05) is 24.6 Å². The Morgan fingerprint density at radius 3 is 2.45 bits per heavy atom. The van der Waals surface area contributed by atoms with Gasteiger partial charge in [0.05, 0.1) is 28.5 Å². The monoisotopic (exact) mass is 673 g/mol. The van der Waals surface area contributed by atoms with Gasteiger partial charge in [-0.05, 0) is 83.5 Å². The minimum Gasteiger partial charge on any atom is -0.491 e. The molecular formula is C37H40ClN3O5S. The SMILES string of the molecule is CCOC(=O)C1=C(C)N=c2s/c(=C\c3ccc(N(CC)CC)cc3OCc3ccc(Cl)cc3)c(=O)n2[C@H]1c1ccccc1OC(C)C. The highest BCUT2D eigenvalue weighted by atomic mass is 35.5. The minimum absolute atomic E-state index is 0.117. The molecule has 246 valence electrons. The first-order valence-corrected chi connectivity index (χ1v) is 17.1. The predicted molar refractivity (Wildman–Crippen MR) is 188 cm³/mol. The highest BCUT2D eigenvalue weighted by Crippen LogP contribution is 2.36. The maximum Gasteiger partial charge on any atom is 0.338 e. The summed E-state index contributed by atoms with van der Waals surface area (Å²) < 4.78 is 20.0. The van der Waals surface area contributed by atoms with Gasteiger partial charge in [0, 0.05) is 41.0 Å². The van der Waals surface area contributed by atoms with Crippen LogP contribution in [-0.4, -0.2) is 36.3 Å². The van der Waals surface area contributed by atoms with Crippen LogP contribution in [-0.2, 0) is 16.1 Å². The number of hydrogen-bond acceptors (Lipinski definition) is 8. The molecule has 0 fully saturated rings. The second kappa shape index (κ2) is 15.0. The van der Waals surface area contributed by atoms with Crippen molar-refractivity contribution < 1.29 is 19.0 Å². The highest BCUT2D eigenvalue weighted by molar-refractivity contribution is 7.07. The number of allylic oxidation sites excluding steroid dienone is 1. The standard InChI is InChI=1S/C37H40ClN3O5S/c1-7-40(8-2)28-19-16-26(31(21-28)45-22-25-14-17-27(38)18-15-25)20-32-35(42)41-34(29-12-10-11-13-30(29)46-23(4)5)33(36(43)44-9-3)24(6)39-37(41)47-32/h10-21,23,34H,7-9,22H2,1-6H3/b32-20-/t34-/m0/s1. The van der Waals surface area contributed by atoms with Crippen LogP contribution in [0.15, 0.2) is 87.8 Å². The predicted octanol–water partition coefficient (Wildman–Crippen LogP) is 6.66. The second-order valence-electron chi connectivity index (χ2n) is 11.3. The number of carbonyl (C=O) groups is 1. The first-order valence-electron chi connectivity index (χ1n) is 15.9. The molecule has 1 atom stereocenters. The van der Waals surface area contributed by atoms with Crippen molar-refractivity contribution in [1.29, 1.82) is 0 Å². The Kier molecular flexibility index (Phi) is 10.9. The van der Waals surface area contributed by atoms with Gasteiger partial charge in [0.2, 0.25) is 0 Å². The number of aromatic nitrogens is 1. The lowest BCUT2D eigenvalue weighted by Crippen LogP contribution is -2.40. The van der Waals surface area contributed by atoms with Gasteiger partial charge < -0.3 is 19.1 Å². The van der Waals surface area contributed by atoms with Crippen LogP contribution in [0, 0.1) is 0 Å². The van der Waals surface area contributed by atoms with Crippen LogP contribution in [0.3, 0.4) is 0 Å². The summed E-state index contributed by atoms with van der Waals surface area (Å²) in [7, 11) is 0. The number of nitrogens with zero attached hydrogens (tertiary/aromatic N) is 3. The van der Waals surface area contributed by atoms with Gasteiger partial charge in [0.15, 0.2) is 4.80 Å². The second-order valence-corrected chi connectivity index (χ2v) is 12.8. The number of para-hydroxylation sites is 1. The zero-order valence-electron chi connectivity index (χ0n) is 27.6. The molecule has 0 spiro atoms. The van der Waals surface area contributed by atoms with Crippen LogP contribution >= 0.6 is 22.9 Å². The van der Waals surface area contributed by atoms with E-state index in [0.717, 1.165) is 29.9 Å². The molecule has 1 aliphatic heterocycles. The molecule has 0 amide bonds. The fourth-order valence-corrected chi connectivity index (χ4v) is 6.75. The normalized spacial score (nSPS) is 14.6. The van der Waals surface area contributed by atoms with Crippen molar-refractivity contribution >= 4 is 40.7 Å². The number of benzene rings is 3. The Morgan fingerprint density at radius 1 is 1.04 bits per heavy atom. The van der Waals surface area contributed by atoms with Crippen LogP contribution in [0.1, 0.15) is 64.3 Å². The lowest BCUT2D eigenvalue weighted by molar-refractivity contribution is -0.139. The van der Waals surface area contributed by atoms with Crippen LogP contribution in [0.25, 0.3) is 6.08 Å². The number of halogens is 1. The molecule has 0 aliphatic carbocycles. The van der Waals surface area contributed by atoms with E-state index in [1.165, 1.54) is 11.3 Å². The number of fused-ring (bicyclic) bond motifs is 1. The van der Waals surface area contributed by atoms with Crippen LogP contribution in [0.5, 0.6) is 11.5 Å².